The quantitative estimate of drug-likeness (QED) is 0.799. The average molecular weight is 321 g/mol. The lowest BCUT2D eigenvalue weighted by Gasteiger charge is -2.17. The van der Waals surface area contributed by atoms with Crippen molar-refractivity contribution in [3.8, 4) is 0 Å². The first-order chi connectivity index (χ1) is 6.52. The number of carbonyl (C=O) groups is 1. The van der Waals surface area contributed by atoms with Gasteiger partial charge in [0.15, 0.2) is 0 Å². The van der Waals surface area contributed by atoms with Crippen molar-refractivity contribution in [2.75, 3.05) is 0 Å². The Bertz CT molecular complexity index is 321. The predicted molar refractivity (Wildman–Crippen MR) is 60.6 cm³/mol. The number of alkyl halides is 2. The zero-order chi connectivity index (χ0) is 10.7. The van der Waals surface area contributed by atoms with Gasteiger partial charge in [-0.2, -0.15) is 0 Å². The number of halogens is 2. The topological polar surface area (TPSA) is 40.1 Å². The Morgan fingerprint density at radius 3 is 2.21 bits per heavy atom. The Labute approximate surface area is 99.6 Å². The molecule has 76 valence electrons. The van der Waals surface area contributed by atoms with E-state index in [1.54, 1.807) is 0 Å². The van der Waals surface area contributed by atoms with Crippen molar-refractivity contribution in [2.24, 2.45) is 0 Å². The van der Waals surface area contributed by atoms with E-state index in [4.69, 9.17) is 0 Å². The molecule has 1 aromatic rings. The highest BCUT2D eigenvalue weighted by atomic mass is 79.9. The summed E-state index contributed by atoms with van der Waals surface area (Å²) >= 11 is 6.36. The summed E-state index contributed by atoms with van der Waals surface area (Å²) in [6.45, 7) is 1.98. The van der Waals surface area contributed by atoms with Crippen LogP contribution in [0.2, 0.25) is 0 Å². The molecule has 14 heavy (non-hydrogen) atoms. The zero-order valence-electron chi connectivity index (χ0n) is 7.54. The molecule has 0 amide bonds. The van der Waals surface area contributed by atoms with Crippen LogP contribution in [0.15, 0.2) is 24.3 Å². The fourth-order valence-electron chi connectivity index (χ4n) is 1.04. The van der Waals surface area contributed by atoms with Gasteiger partial charge < -0.3 is 9.90 Å². The lowest BCUT2D eigenvalue weighted by Crippen LogP contribution is -2.34. The number of hydrogen-bond acceptors (Lipinski definition) is 2. The summed E-state index contributed by atoms with van der Waals surface area (Å²) in [5.41, 5.74) is 2.06. The van der Waals surface area contributed by atoms with E-state index in [-0.39, 0.29) is 4.83 Å². The number of benzene rings is 1. The Morgan fingerprint density at radius 2 is 1.79 bits per heavy atom. The maximum atomic E-state index is 10.6. The van der Waals surface area contributed by atoms with Crippen LogP contribution in [0.3, 0.4) is 0 Å². The minimum Gasteiger partial charge on any atom is -0.549 e. The van der Waals surface area contributed by atoms with Crippen molar-refractivity contribution in [2.45, 2.75) is 16.6 Å². The van der Waals surface area contributed by atoms with E-state index >= 15 is 0 Å². The van der Waals surface area contributed by atoms with E-state index in [0.717, 1.165) is 11.1 Å². The number of aliphatic carboxylic acids is 1. The largest absolute Gasteiger partial charge is 0.549 e. The Morgan fingerprint density at radius 1 is 1.29 bits per heavy atom. The molecule has 0 saturated carbocycles. The normalized spacial score (nSPS) is 14.8. The summed E-state index contributed by atoms with van der Waals surface area (Å²) in [6, 6.07) is 7.68. The van der Waals surface area contributed by atoms with Crippen molar-refractivity contribution in [1.82, 2.24) is 0 Å². The standard InChI is InChI=1S/C10H10Br2O2/c1-6-2-4-7(5-3-6)8(11)9(12)10(13)14/h2-5,8-9H,1H3,(H,13,14)/p-1/t8-,9+/m1/s1. The molecule has 2 nitrogen and oxygen atoms in total. The molecular formula is C10H9Br2O2-. The minimum atomic E-state index is -1.12. The summed E-state index contributed by atoms with van der Waals surface area (Å²) in [4.78, 5) is 9.61. The third-order valence-corrected chi connectivity index (χ3v) is 4.55. The molecule has 1 rings (SSSR count). The van der Waals surface area contributed by atoms with Crippen LogP contribution >= 0.6 is 31.9 Å². The van der Waals surface area contributed by atoms with Crippen LogP contribution in [0.4, 0.5) is 0 Å². The van der Waals surface area contributed by atoms with Gasteiger partial charge >= 0.3 is 0 Å². The molecule has 2 atom stereocenters. The molecule has 0 N–H and O–H groups in total. The molecule has 0 radical (unpaired) electrons. The third-order valence-electron chi connectivity index (χ3n) is 1.88. The van der Waals surface area contributed by atoms with E-state index < -0.39 is 10.8 Å². The van der Waals surface area contributed by atoms with E-state index in [0.29, 0.717) is 0 Å². The summed E-state index contributed by atoms with van der Waals surface area (Å²) in [5, 5.41) is 10.6. The molecule has 0 spiro atoms. The maximum Gasteiger partial charge on any atom is 0.0707 e. The van der Waals surface area contributed by atoms with E-state index in [1.165, 1.54) is 0 Å². The second kappa shape index (κ2) is 4.94. The van der Waals surface area contributed by atoms with E-state index in [1.807, 2.05) is 31.2 Å². The molecule has 0 saturated heterocycles. The van der Waals surface area contributed by atoms with E-state index in [2.05, 4.69) is 31.9 Å². The Kier molecular flexibility index (Phi) is 4.13. The predicted octanol–water partition coefficient (Wildman–Crippen LogP) is 1.94. The smallest absolute Gasteiger partial charge is 0.0707 e. The molecule has 0 aliphatic carbocycles. The van der Waals surface area contributed by atoms with Gasteiger partial charge in [-0.15, -0.1) is 0 Å². The van der Waals surface area contributed by atoms with E-state index in [9.17, 15) is 9.90 Å². The molecule has 1 aromatic carbocycles. The van der Waals surface area contributed by atoms with Gasteiger partial charge in [0.25, 0.3) is 0 Å². The molecule has 0 heterocycles. The Hall–Kier alpha value is -0.350. The lowest BCUT2D eigenvalue weighted by atomic mass is 10.1. The first-order valence-corrected chi connectivity index (χ1v) is 5.91. The summed E-state index contributed by atoms with van der Waals surface area (Å²) in [7, 11) is 0. The number of carboxylic acid groups (broad SMARTS) is 1. The first kappa shape index (κ1) is 11.7. The van der Waals surface area contributed by atoms with Crippen molar-refractivity contribution < 1.29 is 9.90 Å². The highest BCUT2D eigenvalue weighted by Gasteiger charge is 2.18. The van der Waals surface area contributed by atoms with Gasteiger partial charge in [0.05, 0.1) is 15.6 Å². The lowest BCUT2D eigenvalue weighted by molar-refractivity contribution is -0.304. The summed E-state index contributed by atoms with van der Waals surface area (Å²) in [6.07, 6.45) is 0. The fourth-order valence-corrected chi connectivity index (χ4v) is 1.87. The van der Waals surface area contributed by atoms with Gasteiger partial charge in [0.1, 0.15) is 0 Å². The fraction of sp³-hybridized carbons (Fsp3) is 0.300. The second-order valence-corrected chi connectivity index (χ2v) is 5.01. The van der Waals surface area contributed by atoms with Gasteiger partial charge in [-0.05, 0) is 12.5 Å². The van der Waals surface area contributed by atoms with Crippen molar-refractivity contribution in [3.63, 3.8) is 0 Å². The van der Waals surface area contributed by atoms with Crippen LogP contribution < -0.4 is 5.11 Å². The molecule has 0 fully saturated rings. The number of aryl methyl sites for hydroxylation is 1. The summed E-state index contributed by atoms with van der Waals surface area (Å²) in [5.74, 6) is -1.12. The minimum absolute atomic E-state index is 0.270. The molecule has 0 aliphatic rings. The van der Waals surface area contributed by atoms with Crippen molar-refractivity contribution in [3.05, 3.63) is 35.4 Å². The SMILES string of the molecule is Cc1ccc([C@@H](Br)[C@H](Br)C(=O)[O-])cc1. The monoisotopic (exact) mass is 319 g/mol. The summed E-state index contributed by atoms with van der Waals surface area (Å²) < 4.78 is 0. The number of rotatable bonds is 3. The van der Waals surface area contributed by atoms with Crippen LogP contribution in [0.25, 0.3) is 0 Å². The molecule has 0 unspecified atom stereocenters. The van der Waals surface area contributed by atoms with Crippen molar-refractivity contribution >= 4 is 37.8 Å². The number of carbonyl (C=O) groups excluding carboxylic acids is 1. The van der Waals surface area contributed by atoms with Gasteiger partial charge in [-0.3, -0.25) is 0 Å². The molecule has 0 aliphatic heterocycles. The highest BCUT2D eigenvalue weighted by Crippen LogP contribution is 2.30. The first-order valence-electron chi connectivity index (χ1n) is 4.08. The van der Waals surface area contributed by atoms with Crippen LogP contribution in [0, 0.1) is 6.92 Å². The van der Waals surface area contributed by atoms with Gasteiger partial charge in [0.2, 0.25) is 0 Å². The van der Waals surface area contributed by atoms with Crippen LogP contribution in [-0.2, 0) is 4.79 Å². The molecule has 0 aromatic heterocycles. The molecule has 4 heteroatoms. The number of carboxylic acids is 1. The van der Waals surface area contributed by atoms with Gasteiger partial charge in [0, 0.05) is 0 Å². The van der Waals surface area contributed by atoms with Gasteiger partial charge in [-0.1, -0.05) is 61.7 Å². The zero-order valence-corrected chi connectivity index (χ0v) is 10.7. The van der Waals surface area contributed by atoms with Gasteiger partial charge in [-0.25, -0.2) is 0 Å². The molecular weight excluding hydrogens is 312 g/mol. The Balaban J connectivity index is 2.84. The second-order valence-electron chi connectivity index (χ2n) is 3.03. The number of hydrogen-bond donors (Lipinski definition) is 0. The average Bonchev–Trinajstić information content (AvgIpc) is 2.16. The maximum absolute atomic E-state index is 10.6. The van der Waals surface area contributed by atoms with Crippen LogP contribution in [0.5, 0.6) is 0 Å². The van der Waals surface area contributed by atoms with Crippen LogP contribution in [-0.4, -0.2) is 10.8 Å². The highest BCUT2D eigenvalue weighted by molar-refractivity contribution is 9.12. The van der Waals surface area contributed by atoms with Crippen LogP contribution in [0.1, 0.15) is 16.0 Å². The molecule has 0 bridgehead atoms. The van der Waals surface area contributed by atoms with Crippen molar-refractivity contribution in [1.29, 1.82) is 0 Å². The third kappa shape index (κ3) is 2.82.